The number of allylic oxidation sites excluding steroid dienone is 4. The predicted molar refractivity (Wildman–Crippen MR) is 87.8 cm³/mol. The Labute approximate surface area is 138 Å². The van der Waals surface area contributed by atoms with Crippen LogP contribution in [-0.2, 0) is 0 Å². The summed E-state index contributed by atoms with van der Waals surface area (Å²) in [5.74, 6) is -0.0139. The summed E-state index contributed by atoms with van der Waals surface area (Å²) >= 11 is 0.230. The number of aliphatic hydroxyl groups excluding tert-OH is 4. The Bertz CT molecular complexity index is 340. The van der Waals surface area contributed by atoms with Crippen LogP contribution in [0.5, 0.6) is 0 Å². The van der Waals surface area contributed by atoms with Gasteiger partial charge in [-0.15, -0.1) is 0 Å². The molecule has 2 radical (unpaired) electrons. The third-order valence-electron chi connectivity index (χ3n) is 3.05. The first-order chi connectivity index (χ1) is 10.0. The van der Waals surface area contributed by atoms with Crippen LogP contribution in [0.2, 0.25) is 9.88 Å². The average Bonchev–Trinajstić information content (AvgIpc) is 2.75. The quantitative estimate of drug-likeness (QED) is 0.370. The maximum absolute atomic E-state index is 9.11. The van der Waals surface area contributed by atoms with Gasteiger partial charge in [0.15, 0.2) is 5.76 Å². The van der Waals surface area contributed by atoms with Gasteiger partial charge in [-0.25, -0.2) is 0 Å². The Hall–Kier alpha value is -0.461. The fourth-order valence-corrected chi connectivity index (χ4v) is 1.87. The van der Waals surface area contributed by atoms with Gasteiger partial charge in [-0.3, -0.25) is 0 Å². The minimum absolute atomic E-state index is 0.0278. The molecule has 120 valence electrons. The molecule has 21 heavy (non-hydrogen) atoms. The van der Waals surface area contributed by atoms with Crippen molar-refractivity contribution in [1.29, 1.82) is 0 Å². The zero-order valence-electron chi connectivity index (χ0n) is 13.0. The van der Waals surface area contributed by atoms with Crippen LogP contribution in [0.25, 0.3) is 0 Å². The van der Waals surface area contributed by atoms with E-state index < -0.39 is 12.2 Å². The van der Waals surface area contributed by atoms with E-state index in [4.69, 9.17) is 20.4 Å². The molecule has 0 heterocycles. The van der Waals surface area contributed by atoms with Crippen LogP contribution in [0.1, 0.15) is 38.5 Å². The molecule has 2 aliphatic rings. The third kappa shape index (κ3) is 10.8. The number of hydrogen-bond donors (Lipinski definition) is 4. The molecule has 2 rings (SSSR count). The Morgan fingerprint density at radius 1 is 0.952 bits per heavy atom. The van der Waals surface area contributed by atoms with Gasteiger partial charge < -0.3 is 20.4 Å². The first kappa shape index (κ1) is 20.5. The summed E-state index contributed by atoms with van der Waals surface area (Å²) in [4.78, 5) is 4.59. The Balaban J connectivity index is 0.000000322. The monoisotopic (exact) mass is 404 g/mol. The molecule has 0 saturated heterocycles. The van der Waals surface area contributed by atoms with E-state index in [-0.39, 0.29) is 32.7 Å². The van der Waals surface area contributed by atoms with Crippen LogP contribution in [-0.4, -0.2) is 53.8 Å². The molecule has 0 aliphatic heterocycles. The number of hydrogen-bond acceptors (Lipinski definition) is 4. The first-order valence-corrected chi connectivity index (χ1v) is 13.1. The zero-order chi connectivity index (χ0) is 16.1. The fraction of sp³-hybridized carbons (Fsp3) is 0.625. The maximum atomic E-state index is 9.11. The van der Waals surface area contributed by atoms with Gasteiger partial charge in [0.2, 0.25) is 0 Å². The summed E-state index contributed by atoms with van der Waals surface area (Å²) in [7, 11) is 0. The van der Waals surface area contributed by atoms with Crippen molar-refractivity contribution in [3.63, 3.8) is 0 Å². The van der Waals surface area contributed by atoms with Crippen molar-refractivity contribution in [3.05, 3.63) is 35.8 Å². The van der Waals surface area contributed by atoms with Crippen LogP contribution in [0.15, 0.2) is 35.8 Å². The molecular weight excluding hydrogens is 375 g/mol. The molecule has 2 aliphatic carbocycles. The molecule has 4 N–H and O–H groups in total. The molecule has 0 amide bonds. The van der Waals surface area contributed by atoms with Crippen molar-refractivity contribution >= 4 is 21.1 Å². The van der Waals surface area contributed by atoms with Gasteiger partial charge >= 0.3 is 31.0 Å². The summed E-state index contributed by atoms with van der Waals surface area (Å²) in [5, 5.41) is 36.0. The topological polar surface area (TPSA) is 80.9 Å². The fourth-order valence-electron chi connectivity index (χ4n) is 1.87. The van der Waals surface area contributed by atoms with Crippen LogP contribution in [0.3, 0.4) is 0 Å². The summed E-state index contributed by atoms with van der Waals surface area (Å²) in [6.45, 7) is 0. The molecule has 0 spiro atoms. The van der Waals surface area contributed by atoms with E-state index in [1.165, 1.54) is 6.08 Å². The number of rotatable bonds is 0. The molecule has 1 fully saturated rings. The van der Waals surface area contributed by atoms with Crippen LogP contribution in [0.4, 0.5) is 0 Å². The van der Waals surface area contributed by atoms with Gasteiger partial charge in [0.05, 0.1) is 12.2 Å². The zero-order valence-corrected chi connectivity index (χ0v) is 15.8. The molecule has 0 aromatic carbocycles. The molecule has 4 nitrogen and oxygen atoms in total. The summed E-state index contributed by atoms with van der Waals surface area (Å²) in [5.41, 5.74) is 0. The summed E-state index contributed by atoms with van der Waals surface area (Å²) in [6, 6.07) is 0. The van der Waals surface area contributed by atoms with E-state index in [2.05, 4.69) is 9.88 Å². The van der Waals surface area contributed by atoms with Crippen molar-refractivity contribution < 1.29 is 20.4 Å². The molecule has 0 bridgehead atoms. The Morgan fingerprint density at radius 3 is 2.00 bits per heavy atom. The normalized spacial score (nSPS) is 25.0. The molecule has 2 unspecified atom stereocenters. The second-order valence-corrected chi connectivity index (χ2v) is 7.95. The van der Waals surface area contributed by atoms with Crippen molar-refractivity contribution in [2.75, 3.05) is 0 Å². The van der Waals surface area contributed by atoms with Gasteiger partial charge in [-0.1, -0.05) is 37.5 Å². The van der Waals surface area contributed by atoms with Crippen molar-refractivity contribution in [3.8, 4) is 0 Å². The van der Waals surface area contributed by atoms with Gasteiger partial charge in [-0.2, -0.15) is 0 Å². The van der Waals surface area contributed by atoms with Crippen molar-refractivity contribution in [1.82, 2.24) is 0 Å². The minimum atomic E-state index is -0.451. The Morgan fingerprint density at radius 2 is 1.48 bits per heavy atom. The van der Waals surface area contributed by atoms with Gasteiger partial charge in [0.1, 0.15) is 5.76 Å². The van der Waals surface area contributed by atoms with Gasteiger partial charge in [0, 0.05) is 6.42 Å². The van der Waals surface area contributed by atoms with Gasteiger partial charge in [0.25, 0.3) is 0 Å². The van der Waals surface area contributed by atoms with E-state index in [0.29, 0.717) is 6.42 Å². The van der Waals surface area contributed by atoms with Crippen molar-refractivity contribution in [2.45, 2.75) is 60.6 Å². The summed E-state index contributed by atoms with van der Waals surface area (Å²) in [6.07, 6.45) is 11.1. The third-order valence-corrected chi connectivity index (χ3v) is 3.05. The molecule has 0 aromatic heterocycles. The van der Waals surface area contributed by atoms with Crippen LogP contribution >= 0.6 is 0 Å². The molecule has 2 atom stereocenters. The molecular formula is C16H28O4Sn. The van der Waals surface area contributed by atoms with Crippen molar-refractivity contribution in [2.24, 2.45) is 0 Å². The van der Waals surface area contributed by atoms with E-state index in [1.54, 1.807) is 18.2 Å². The van der Waals surface area contributed by atoms with E-state index in [0.717, 1.165) is 32.1 Å². The molecule has 1 saturated carbocycles. The average molecular weight is 403 g/mol. The van der Waals surface area contributed by atoms with E-state index in [9.17, 15) is 0 Å². The van der Waals surface area contributed by atoms with Gasteiger partial charge in [-0.05, 0) is 18.9 Å². The van der Waals surface area contributed by atoms with E-state index >= 15 is 0 Å². The number of aliphatic hydroxyl groups is 4. The second-order valence-electron chi connectivity index (χ2n) is 5.10. The standard InChI is InChI=1S/C7H14O2.C7H8O2.2CH3.Sn/c2*8-6-4-2-1-3-5-7(6)9;;;/h6-9H,1-5H2;1-4,8-9H,5H2;2*1H3;. The molecule has 5 heteroatoms. The van der Waals surface area contributed by atoms with E-state index in [1.807, 2.05) is 0 Å². The Kier molecular flexibility index (Phi) is 12.9. The van der Waals surface area contributed by atoms with Crippen LogP contribution < -0.4 is 0 Å². The van der Waals surface area contributed by atoms with Crippen LogP contribution in [0, 0.1) is 0 Å². The second kappa shape index (κ2) is 13.2. The predicted octanol–water partition coefficient (Wildman–Crippen LogP) is 3.29. The summed E-state index contributed by atoms with van der Waals surface area (Å²) < 4.78 is 0. The molecule has 0 aromatic rings. The first-order valence-electron chi connectivity index (χ1n) is 7.41. The SMILES string of the molecule is OC1=C(O)CC=CC=C1.OC1CCCCCC1O.[CH3][Sn][CH3].